The Balaban J connectivity index is 2.00. The fourth-order valence-corrected chi connectivity index (χ4v) is 2.50. The Kier molecular flexibility index (Phi) is 4.53. The Hall–Kier alpha value is -3.48. The Morgan fingerprint density at radius 3 is 2.54 bits per heavy atom. The van der Waals surface area contributed by atoms with Gasteiger partial charge in [-0.05, 0) is 55.8 Å². The number of carbonyl (C=O) groups is 1. The molecule has 0 unspecified atom stereocenters. The summed E-state index contributed by atoms with van der Waals surface area (Å²) in [7, 11) is 0. The van der Waals surface area contributed by atoms with Gasteiger partial charge in [-0.3, -0.25) is 14.9 Å². The lowest BCUT2D eigenvalue weighted by Crippen LogP contribution is -2.17. The van der Waals surface area contributed by atoms with Crippen molar-refractivity contribution in [1.82, 2.24) is 9.78 Å². The number of hydrogen-bond donors (Lipinski definition) is 2. The van der Waals surface area contributed by atoms with Gasteiger partial charge in [-0.25, -0.2) is 13.9 Å². The fourth-order valence-electron chi connectivity index (χ4n) is 2.50. The molecule has 1 aromatic heterocycles. The molecule has 0 amide bonds. The second kappa shape index (κ2) is 6.79. The van der Waals surface area contributed by atoms with E-state index in [2.05, 4.69) is 10.1 Å². The minimum absolute atomic E-state index is 0.122. The third-order valence-electron chi connectivity index (χ3n) is 3.99. The van der Waals surface area contributed by atoms with Crippen LogP contribution in [0.15, 0.2) is 52.3 Å². The van der Waals surface area contributed by atoms with E-state index in [-0.39, 0.29) is 16.9 Å². The van der Waals surface area contributed by atoms with Crippen molar-refractivity contribution < 1.29 is 14.3 Å². The van der Waals surface area contributed by atoms with Crippen LogP contribution >= 0.6 is 0 Å². The number of nitrogens with one attached hydrogen (secondary N) is 1. The molecular weight excluding hydrogens is 337 g/mol. The van der Waals surface area contributed by atoms with Gasteiger partial charge in [-0.2, -0.15) is 0 Å². The number of aryl methyl sites for hydroxylation is 2. The van der Waals surface area contributed by atoms with Crippen LogP contribution in [0.4, 0.5) is 10.1 Å². The maximum atomic E-state index is 13.1. The largest absolute Gasteiger partial charge is 0.478 e. The highest BCUT2D eigenvalue weighted by atomic mass is 19.1. The number of aromatic carboxylic acids is 1. The van der Waals surface area contributed by atoms with Crippen LogP contribution in [0, 0.1) is 19.7 Å². The SMILES string of the molecule is Cc1ccc(C(=O)O)cc1N=Cc1c(C)[nH]n(-c2ccc(F)cc2)c1=O. The number of aromatic amines is 1. The topological polar surface area (TPSA) is 87.4 Å². The highest BCUT2D eigenvalue weighted by Crippen LogP contribution is 2.20. The summed E-state index contributed by atoms with van der Waals surface area (Å²) in [4.78, 5) is 28.0. The van der Waals surface area contributed by atoms with Crippen LogP contribution in [0.2, 0.25) is 0 Å². The summed E-state index contributed by atoms with van der Waals surface area (Å²) in [6.45, 7) is 3.53. The molecule has 2 aromatic carbocycles. The fraction of sp³-hybridized carbons (Fsp3) is 0.105. The van der Waals surface area contributed by atoms with Crippen molar-refractivity contribution in [1.29, 1.82) is 0 Å². The number of rotatable bonds is 4. The number of carboxylic acid groups (broad SMARTS) is 1. The molecule has 1 heterocycles. The standard InChI is InChI=1S/C19H16FN3O3/c1-11-3-4-13(19(25)26)9-17(11)21-10-16-12(2)22-23(18(16)24)15-7-5-14(20)6-8-15/h3-10,22H,1-2H3,(H,25,26). The van der Waals surface area contributed by atoms with Gasteiger partial charge in [0.15, 0.2) is 0 Å². The highest BCUT2D eigenvalue weighted by molar-refractivity contribution is 5.90. The molecule has 0 aliphatic carbocycles. The molecule has 6 nitrogen and oxygen atoms in total. The summed E-state index contributed by atoms with van der Waals surface area (Å²) in [6.07, 6.45) is 1.40. The van der Waals surface area contributed by atoms with Gasteiger partial charge in [-0.15, -0.1) is 0 Å². The van der Waals surface area contributed by atoms with Crippen LogP contribution in [0.3, 0.4) is 0 Å². The van der Waals surface area contributed by atoms with Gasteiger partial charge in [-0.1, -0.05) is 6.07 Å². The molecule has 0 aliphatic rings. The number of aromatic nitrogens is 2. The van der Waals surface area contributed by atoms with Gasteiger partial charge in [0.2, 0.25) is 0 Å². The molecule has 0 saturated heterocycles. The maximum Gasteiger partial charge on any atom is 0.335 e. The molecule has 3 rings (SSSR count). The highest BCUT2D eigenvalue weighted by Gasteiger charge is 2.11. The first-order valence-electron chi connectivity index (χ1n) is 7.82. The van der Waals surface area contributed by atoms with Crippen molar-refractivity contribution in [3.8, 4) is 5.69 Å². The quantitative estimate of drug-likeness (QED) is 0.705. The van der Waals surface area contributed by atoms with Crippen molar-refractivity contribution in [2.24, 2.45) is 4.99 Å². The normalized spacial score (nSPS) is 11.2. The van der Waals surface area contributed by atoms with Crippen molar-refractivity contribution in [2.45, 2.75) is 13.8 Å². The van der Waals surface area contributed by atoms with Crippen LogP contribution < -0.4 is 5.56 Å². The van der Waals surface area contributed by atoms with Gasteiger partial charge in [0, 0.05) is 11.9 Å². The molecule has 26 heavy (non-hydrogen) atoms. The lowest BCUT2D eigenvalue weighted by atomic mass is 10.1. The minimum atomic E-state index is -1.04. The van der Waals surface area contributed by atoms with Crippen LogP contribution in [0.5, 0.6) is 0 Å². The zero-order valence-corrected chi connectivity index (χ0v) is 14.2. The van der Waals surface area contributed by atoms with Crippen LogP contribution in [0.25, 0.3) is 5.69 Å². The summed E-state index contributed by atoms with van der Waals surface area (Å²) in [6, 6.07) is 10.1. The Labute approximate surface area is 148 Å². The number of carboxylic acids is 1. The average Bonchev–Trinajstić information content (AvgIpc) is 2.89. The molecular formula is C19H16FN3O3. The van der Waals surface area contributed by atoms with Gasteiger partial charge in [0.05, 0.1) is 22.5 Å². The number of nitrogens with zero attached hydrogens (tertiary/aromatic N) is 2. The monoisotopic (exact) mass is 353 g/mol. The Morgan fingerprint density at radius 2 is 1.88 bits per heavy atom. The first-order chi connectivity index (χ1) is 12.4. The van der Waals surface area contributed by atoms with Crippen LogP contribution in [0.1, 0.15) is 27.2 Å². The van der Waals surface area contributed by atoms with Crippen molar-refractivity contribution in [2.75, 3.05) is 0 Å². The van der Waals surface area contributed by atoms with Gasteiger partial charge in [0.1, 0.15) is 5.82 Å². The van der Waals surface area contributed by atoms with E-state index in [1.54, 1.807) is 19.9 Å². The number of H-pyrrole nitrogens is 1. The predicted octanol–water partition coefficient (Wildman–Crippen LogP) is 3.37. The Bertz CT molecular complexity index is 1060. The molecule has 0 atom stereocenters. The third kappa shape index (κ3) is 3.32. The molecule has 0 saturated carbocycles. The minimum Gasteiger partial charge on any atom is -0.478 e. The second-order valence-electron chi connectivity index (χ2n) is 5.83. The molecule has 0 radical (unpaired) electrons. The first-order valence-corrected chi connectivity index (χ1v) is 7.82. The van der Waals surface area contributed by atoms with E-state index in [1.807, 2.05) is 0 Å². The van der Waals surface area contributed by atoms with E-state index in [1.165, 1.54) is 47.3 Å². The first kappa shape index (κ1) is 17.3. The van der Waals surface area contributed by atoms with Gasteiger partial charge >= 0.3 is 5.97 Å². The van der Waals surface area contributed by atoms with E-state index < -0.39 is 5.97 Å². The smallest absolute Gasteiger partial charge is 0.335 e. The molecule has 0 fully saturated rings. The number of halogens is 1. The Morgan fingerprint density at radius 1 is 1.19 bits per heavy atom. The summed E-state index contributed by atoms with van der Waals surface area (Å²) < 4.78 is 14.4. The average molecular weight is 353 g/mol. The zero-order valence-electron chi connectivity index (χ0n) is 14.2. The van der Waals surface area contributed by atoms with Crippen LogP contribution in [-0.2, 0) is 0 Å². The van der Waals surface area contributed by atoms with E-state index in [4.69, 9.17) is 5.11 Å². The number of aliphatic imine (C=N–C) groups is 1. The molecule has 2 N–H and O–H groups in total. The molecule has 0 spiro atoms. The van der Waals surface area contributed by atoms with E-state index in [0.717, 1.165) is 5.56 Å². The van der Waals surface area contributed by atoms with Crippen molar-refractivity contribution in [3.63, 3.8) is 0 Å². The zero-order chi connectivity index (χ0) is 18.8. The summed E-state index contributed by atoms with van der Waals surface area (Å²) >= 11 is 0. The molecule has 0 bridgehead atoms. The van der Waals surface area contributed by atoms with Crippen molar-refractivity contribution >= 4 is 17.9 Å². The van der Waals surface area contributed by atoms with Crippen molar-refractivity contribution in [3.05, 3.63) is 81.0 Å². The van der Waals surface area contributed by atoms with Gasteiger partial charge in [0.25, 0.3) is 5.56 Å². The summed E-state index contributed by atoms with van der Waals surface area (Å²) in [5.41, 5.74) is 2.49. The van der Waals surface area contributed by atoms with E-state index >= 15 is 0 Å². The van der Waals surface area contributed by atoms with E-state index in [0.29, 0.717) is 22.6 Å². The lowest BCUT2D eigenvalue weighted by molar-refractivity contribution is 0.0697. The molecule has 3 aromatic rings. The summed E-state index contributed by atoms with van der Waals surface area (Å²) in [5, 5.41) is 12.0. The van der Waals surface area contributed by atoms with Crippen LogP contribution in [-0.4, -0.2) is 27.1 Å². The summed E-state index contributed by atoms with van der Waals surface area (Å²) in [5.74, 6) is -1.43. The predicted molar refractivity (Wildman–Crippen MR) is 96.5 cm³/mol. The third-order valence-corrected chi connectivity index (χ3v) is 3.99. The van der Waals surface area contributed by atoms with Gasteiger partial charge < -0.3 is 5.11 Å². The molecule has 132 valence electrons. The number of benzene rings is 2. The maximum absolute atomic E-state index is 13.1. The lowest BCUT2D eigenvalue weighted by Gasteiger charge is -2.01. The second-order valence-corrected chi connectivity index (χ2v) is 5.83. The number of hydrogen-bond acceptors (Lipinski definition) is 3. The molecule has 0 aliphatic heterocycles. The van der Waals surface area contributed by atoms with E-state index in [9.17, 15) is 14.0 Å². The molecule has 7 heteroatoms.